The molecule has 0 radical (unpaired) electrons. The van der Waals surface area contributed by atoms with Gasteiger partial charge in [-0.2, -0.15) is 0 Å². The van der Waals surface area contributed by atoms with E-state index < -0.39 is 5.97 Å². The van der Waals surface area contributed by atoms with Crippen molar-refractivity contribution in [2.45, 2.75) is 35.6 Å². The highest BCUT2D eigenvalue weighted by molar-refractivity contribution is 7.99. The Morgan fingerprint density at radius 3 is 2.68 bits per heavy atom. The molecule has 1 aliphatic heterocycles. The van der Waals surface area contributed by atoms with Crippen LogP contribution in [0.5, 0.6) is 0 Å². The van der Waals surface area contributed by atoms with Crippen molar-refractivity contribution in [2.24, 2.45) is 0 Å². The Bertz CT molecular complexity index is 1120. The summed E-state index contributed by atoms with van der Waals surface area (Å²) < 4.78 is 4.99. The van der Waals surface area contributed by atoms with Crippen LogP contribution in [0, 0.1) is 0 Å². The summed E-state index contributed by atoms with van der Waals surface area (Å²) in [6.45, 7) is 8.40. The van der Waals surface area contributed by atoms with Gasteiger partial charge in [-0.15, -0.1) is 0 Å². The number of pyridine rings is 1. The number of esters is 1. The summed E-state index contributed by atoms with van der Waals surface area (Å²) in [5, 5.41) is 2.48. The number of methoxy groups -OCH3 is 1. The van der Waals surface area contributed by atoms with Crippen molar-refractivity contribution >= 4 is 40.2 Å². The number of carbonyl (C=O) groups is 1. The monoisotopic (exact) mass is 409 g/mol. The number of fused-ring (bicyclic) bond motifs is 3. The van der Waals surface area contributed by atoms with Gasteiger partial charge in [0.2, 0.25) is 0 Å². The third-order valence-corrected chi connectivity index (χ3v) is 6.44. The summed E-state index contributed by atoms with van der Waals surface area (Å²) in [7, 11) is 1.38. The number of carbonyl (C=O) groups excluding carboxylic acids is 1. The van der Waals surface area contributed by atoms with E-state index in [1.54, 1.807) is 11.8 Å². The summed E-state index contributed by atoms with van der Waals surface area (Å²) >= 11 is 7.81. The van der Waals surface area contributed by atoms with Crippen LogP contribution >= 0.6 is 23.4 Å². The van der Waals surface area contributed by atoms with Gasteiger partial charge in [-0.25, -0.2) is 9.78 Å². The number of nitrogens with zero attached hydrogens (tertiary/aromatic N) is 1. The van der Waals surface area contributed by atoms with Crippen molar-refractivity contribution in [1.29, 1.82) is 0 Å². The minimum Gasteiger partial charge on any atom is -0.466 e. The van der Waals surface area contributed by atoms with Gasteiger partial charge in [0.05, 0.1) is 12.6 Å². The summed E-state index contributed by atoms with van der Waals surface area (Å²) in [5.74, 6) is -0.319. The topological polar surface area (TPSA) is 39.2 Å². The standard InChI is InChI=1S/C23H20ClNO2S/c1-12(2)14-5-8-20-17(10-14)21(13(3)23(26)27-4)18-11-15-9-16(24)6-7-19(15)25-22(18)28-20/h5-12,21H,3H2,1-2,4H3. The molecule has 2 aromatic carbocycles. The maximum atomic E-state index is 12.4. The molecule has 3 aromatic rings. The summed E-state index contributed by atoms with van der Waals surface area (Å²) in [6, 6.07) is 14.2. The van der Waals surface area contributed by atoms with Crippen molar-refractivity contribution in [3.63, 3.8) is 0 Å². The molecule has 1 atom stereocenters. The number of halogens is 1. The molecule has 1 aliphatic rings. The largest absolute Gasteiger partial charge is 0.466 e. The summed E-state index contributed by atoms with van der Waals surface area (Å²) in [5.41, 5.74) is 4.54. The van der Waals surface area contributed by atoms with Crippen LogP contribution < -0.4 is 0 Å². The molecule has 0 saturated carbocycles. The number of hydrogen-bond donors (Lipinski definition) is 0. The zero-order valence-electron chi connectivity index (χ0n) is 16.0. The first kappa shape index (κ1) is 19.0. The fraction of sp³-hybridized carbons (Fsp3) is 0.217. The second-order valence-electron chi connectivity index (χ2n) is 7.22. The van der Waals surface area contributed by atoms with Crippen LogP contribution in [-0.4, -0.2) is 18.1 Å². The van der Waals surface area contributed by atoms with Crippen LogP contribution in [0.3, 0.4) is 0 Å². The molecule has 0 fully saturated rings. The SMILES string of the molecule is C=C(C(=O)OC)C1c2cc(C(C)C)ccc2Sc2nc3ccc(Cl)cc3cc21. The Morgan fingerprint density at radius 2 is 1.96 bits per heavy atom. The van der Waals surface area contributed by atoms with Crippen LogP contribution in [0.1, 0.15) is 42.4 Å². The lowest BCUT2D eigenvalue weighted by molar-refractivity contribution is -0.136. The van der Waals surface area contributed by atoms with Gasteiger partial charge in [-0.1, -0.05) is 55.9 Å². The highest BCUT2D eigenvalue weighted by Gasteiger charge is 2.33. The lowest BCUT2D eigenvalue weighted by Crippen LogP contribution is -2.18. The summed E-state index contributed by atoms with van der Waals surface area (Å²) in [6.07, 6.45) is 0. The molecular weight excluding hydrogens is 390 g/mol. The third-order valence-electron chi connectivity index (χ3n) is 5.09. The van der Waals surface area contributed by atoms with Crippen LogP contribution in [0.25, 0.3) is 10.9 Å². The fourth-order valence-corrected chi connectivity index (χ4v) is 4.83. The third kappa shape index (κ3) is 3.21. The Morgan fingerprint density at radius 1 is 1.18 bits per heavy atom. The molecule has 28 heavy (non-hydrogen) atoms. The molecule has 0 amide bonds. The molecule has 0 spiro atoms. The predicted octanol–water partition coefficient (Wildman–Crippen LogP) is 6.34. The number of ether oxygens (including phenoxy) is 1. The molecule has 0 N–H and O–H groups in total. The molecule has 0 saturated heterocycles. The maximum Gasteiger partial charge on any atom is 0.334 e. The quantitative estimate of drug-likeness (QED) is 0.374. The van der Waals surface area contributed by atoms with Crippen LogP contribution in [-0.2, 0) is 9.53 Å². The van der Waals surface area contributed by atoms with E-state index in [-0.39, 0.29) is 5.92 Å². The Hall–Kier alpha value is -2.30. The van der Waals surface area contributed by atoms with E-state index >= 15 is 0 Å². The number of hydrogen-bond acceptors (Lipinski definition) is 4. The van der Waals surface area contributed by atoms with Crippen molar-refractivity contribution in [2.75, 3.05) is 7.11 Å². The first-order chi connectivity index (χ1) is 13.4. The van der Waals surface area contributed by atoms with Gasteiger partial charge in [0, 0.05) is 26.8 Å². The van der Waals surface area contributed by atoms with E-state index in [0.29, 0.717) is 16.5 Å². The van der Waals surface area contributed by atoms with Crippen molar-refractivity contribution < 1.29 is 9.53 Å². The van der Waals surface area contributed by atoms with Gasteiger partial charge in [0.15, 0.2) is 0 Å². The van der Waals surface area contributed by atoms with Crippen molar-refractivity contribution in [3.05, 3.63) is 76.3 Å². The van der Waals surface area contributed by atoms with Gasteiger partial charge in [0.1, 0.15) is 5.03 Å². The Kier molecular flexibility index (Phi) is 4.94. The molecule has 5 heteroatoms. The Labute approximate surface area is 173 Å². The molecule has 2 heterocycles. The van der Waals surface area contributed by atoms with Gasteiger partial charge in [-0.3, -0.25) is 0 Å². The number of benzene rings is 2. The van der Waals surface area contributed by atoms with Gasteiger partial charge >= 0.3 is 5.97 Å². The predicted molar refractivity (Wildman–Crippen MR) is 114 cm³/mol. The zero-order chi connectivity index (χ0) is 20.0. The second-order valence-corrected chi connectivity index (χ2v) is 8.69. The molecule has 142 valence electrons. The average molecular weight is 410 g/mol. The Balaban J connectivity index is 1.97. The van der Waals surface area contributed by atoms with Gasteiger partial charge in [0.25, 0.3) is 0 Å². The van der Waals surface area contributed by atoms with E-state index in [1.165, 1.54) is 12.7 Å². The van der Waals surface area contributed by atoms with Gasteiger partial charge in [-0.05, 0) is 52.9 Å². The van der Waals surface area contributed by atoms with Crippen LogP contribution in [0.4, 0.5) is 0 Å². The average Bonchev–Trinajstić information content (AvgIpc) is 2.69. The van der Waals surface area contributed by atoms with E-state index in [9.17, 15) is 4.79 Å². The van der Waals surface area contributed by atoms with E-state index in [4.69, 9.17) is 21.3 Å². The molecule has 4 rings (SSSR count). The normalized spacial score (nSPS) is 15.2. The number of rotatable bonds is 3. The second kappa shape index (κ2) is 7.26. The molecule has 0 bridgehead atoms. The van der Waals surface area contributed by atoms with Crippen molar-refractivity contribution in [3.8, 4) is 0 Å². The first-order valence-electron chi connectivity index (χ1n) is 9.08. The maximum absolute atomic E-state index is 12.4. The molecule has 0 aliphatic carbocycles. The minimum atomic E-state index is -0.407. The van der Waals surface area contributed by atoms with E-state index in [0.717, 1.165) is 32.0 Å². The highest BCUT2D eigenvalue weighted by Crippen LogP contribution is 2.49. The van der Waals surface area contributed by atoms with Crippen LogP contribution in [0.15, 0.2) is 64.5 Å². The zero-order valence-corrected chi connectivity index (χ0v) is 17.5. The highest BCUT2D eigenvalue weighted by atomic mass is 35.5. The van der Waals surface area contributed by atoms with Gasteiger partial charge < -0.3 is 4.74 Å². The molecule has 3 nitrogen and oxygen atoms in total. The number of aromatic nitrogens is 1. The fourth-order valence-electron chi connectivity index (χ4n) is 3.58. The van der Waals surface area contributed by atoms with Crippen LogP contribution in [0.2, 0.25) is 5.02 Å². The molecular formula is C23H20ClNO2S. The van der Waals surface area contributed by atoms with E-state index in [2.05, 4.69) is 44.7 Å². The summed E-state index contributed by atoms with van der Waals surface area (Å²) in [4.78, 5) is 18.3. The smallest absolute Gasteiger partial charge is 0.334 e. The van der Waals surface area contributed by atoms with E-state index in [1.807, 2.05) is 18.2 Å². The molecule has 1 unspecified atom stereocenters. The van der Waals surface area contributed by atoms with Crippen molar-refractivity contribution in [1.82, 2.24) is 4.98 Å². The lowest BCUT2D eigenvalue weighted by atomic mass is 9.83. The lowest BCUT2D eigenvalue weighted by Gasteiger charge is -2.29. The minimum absolute atomic E-state index is 0.298. The first-order valence-corrected chi connectivity index (χ1v) is 10.3. The molecule has 1 aromatic heterocycles.